The zero-order chi connectivity index (χ0) is 34.2. The Labute approximate surface area is 288 Å². The Balaban J connectivity index is 1.21. The molecule has 0 aliphatic carbocycles. The van der Waals surface area contributed by atoms with Gasteiger partial charge in [0, 0.05) is 42.8 Å². The number of hydrogen-bond acceptors (Lipinski definition) is 7. The zero-order valence-corrected chi connectivity index (χ0v) is 28.5. The molecule has 3 heterocycles. The predicted octanol–water partition coefficient (Wildman–Crippen LogP) is 5.92. The van der Waals surface area contributed by atoms with E-state index in [9.17, 15) is 18.8 Å². The first-order chi connectivity index (χ1) is 23.0. The van der Waals surface area contributed by atoms with E-state index in [4.69, 9.17) is 37.4 Å². The van der Waals surface area contributed by atoms with Crippen LogP contribution < -0.4 is 24.4 Å². The fourth-order valence-electron chi connectivity index (χ4n) is 7.33. The number of carbonyl (C=O) groups is 3. The second-order valence-corrected chi connectivity index (χ2v) is 13.3. The van der Waals surface area contributed by atoms with Gasteiger partial charge >= 0.3 is 6.03 Å². The summed E-state index contributed by atoms with van der Waals surface area (Å²) in [4.78, 5) is 45.6. The molecule has 0 bridgehead atoms. The maximum atomic E-state index is 13.9. The maximum absolute atomic E-state index is 13.9. The van der Waals surface area contributed by atoms with Crippen LogP contribution in [-0.2, 0) is 10.2 Å². The van der Waals surface area contributed by atoms with Gasteiger partial charge in [0.2, 0.25) is 5.75 Å². The number of hydrogen-bond donors (Lipinski definition) is 1. The molecular formula is C35H37Cl2FN4O6. The van der Waals surface area contributed by atoms with Gasteiger partial charge in [-0.15, -0.1) is 0 Å². The van der Waals surface area contributed by atoms with Gasteiger partial charge in [-0.05, 0) is 86.3 Å². The second kappa shape index (κ2) is 13.4. The number of carbonyl (C=O) groups excluding carboxylic acids is 3. The molecule has 0 radical (unpaired) electrons. The van der Waals surface area contributed by atoms with Crippen LogP contribution in [0.15, 0.2) is 54.6 Å². The number of benzene rings is 3. The van der Waals surface area contributed by atoms with Crippen LogP contribution in [0.2, 0.25) is 10.0 Å². The summed E-state index contributed by atoms with van der Waals surface area (Å²) in [7, 11) is 4.53. The Bertz CT molecular complexity index is 1710. The molecule has 1 N–H and O–H groups in total. The molecule has 13 heteroatoms. The minimum absolute atomic E-state index is 0.158. The number of imide groups is 1. The van der Waals surface area contributed by atoms with Crippen molar-refractivity contribution in [2.24, 2.45) is 0 Å². The van der Waals surface area contributed by atoms with Crippen LogP contribution in [-0.4, -0.2) is 87.2 Å². The molecule has 1 atom stereocenters. The van der Waals surface area contributed by atoms with Crippen LogP contribution in [0.25, 0.3) is 0 Å². The third-order valence-electron chi connectivity index (χ3n) is 10.0. The number of rotatable bonds is 9. The van der Waals surface area contributed by atoms with Gasteiger partial charge in [-0.1, -0.05) is 29.3 Å². The van der Waals surface area contributed by atoms with Gasteiger partial charge in [-0.25, -0.2) is 9.18 Å². The number of methoxy groups -OCH3 is 3. The van der Waals surface area contributed by atoms with Crippen molar-refractivity contribution >= 4 is 46.7 Å². The van der Waals surface area contributed by atoms with Crippen molar-refractivity contribution in [2.75, 3.05) is 59.0 Å². The predicted molar refractivity (Wildman–Crippen MR) is 180 cm³/mol. The topological polar surface area (TPSA) is 101 Å². The lowest BCUT2D eigenvalue weighted by molar-refractivity contribution is -0.124. The second-order valence-electron chi connectivity index (χ2n) is 12.5. The molecule has 1 unspecified atom stereocenters. The smallest absolute Gasteiger partial charge is 0.329 e. The molecule has 0 aromatic heterocycles. The highest BCUT2D eigenvalue weighted by Gasteiger charge is 2.55. The van der Waals surface area contributed by atoms with Crippen molar-refractivity contribution in [2.45, 2.75) is 36.6 Å². The Kier molecular flexibility index (Phi) is 9.48. The number of amides is 4. The van der Waals surface area contributed by atoms with Crippen molar-refractivity contribution in [3.63, 3.8) is 0 Å². The summed E-state index contributed by atoms with van der Waals surface area (Å²) in [5, 5.41) is 3.37. The van der Waals surface area contributed by atoms with E-state index in [0.29, 0.717) is 97.0 Å². The number of ether oxygens (including phenoxy) is 3. The molecule has 3 aromatic carbocycles. The van der Waals surface area contributed by atoms with E-state index in [0.717, 1.165) is 5.56 Å². The standard InChI is InChI=1S/C35H37Cl2FN4O6/c1-46-28-18-22(19-29(47-2)30(28)48-3)31(43)41-17-11-34(21-41,23-4-9-26(36)27(37)20-23)10-14-40-15-12-35(13-16-40)32(44)39-33(45)42(35)25-7-5-24(38)6-8-25/h4-9,18-20H,10-17,21H2,1-3H3,(H,39,44,45). The normalized spacial score (nSPS) is 20.7. The molecule has 3 fully saturated rings. The summed E-state index contributed by atoms with van der Waals surface area (Å²) in [6, 6.07) is 14.1. The minimum Gasteiger partial charge on any atom is -0.493 e. The van der Waals surface area contributed by atoms with E-state index in [1.807, 2.05) is 17.0 Å². The lowest BCUT2D eigenvalue weighted by Gasteiger charge is -2.43. The van der Waals surface area contributed by atoms with Gasteiger partial charge in [0.25, 0.3) is 11.8 Å². The summed E-state index contributed by atoms with van der Waals surface area (Å²) >= 11 is 12.8. The van der Waals surface area contributed by atoms with Gasteiger partial charge in [-0.2, -0.15) is 0 Å². The van der Waals surface area contributed by atoms with E-state index in [2.05, 4.69) is 10.2 Å². The maximum Gasteiger partial charge on any atom is 0.329 e. The van der Waals surface area contributed by atoms with Gasteiger partial charge in [0.05, 0.1) is 31.4 Å². The van der Waals surface area contributed by atoms with Gasteiger partial charge < -0.3 is 24.0 Å². The number of nitrogens with zero attached hydrogens (tertiary/aromatic N) is 3. The highest BCUT2D eigenvalue weighted by molar-refractivity contribution is 6.42. The number of nitrogens with one attached hydrogen (secondary N) is 1. The zero-order valence-electron chi connectivity index (χ0n) is 27.0. The Morgan fingerprint density at radius 3 is 2.15 bits per heavy atom. The fraction of sp³-hybridized carbons (Fsp3) is 0.400. The van der Waals surface area contributed by atoms with Crippen molar-refractivity contribution in [3.05, 3.63) is 81.6 Å². The van der Waals surface area contributed by atoms with Gasteiger partial charge in [-0.3, -0.25) is 19.8 Å². The van der Waals surface area contributed by atoms with E-state index in [-0.39, 0.29) is 11.8 Å². The van der Waals surface area contributed by atoms with Crippen LogP contribution in [0, 0.1) is 5.82 Å². The first-order valence-corrected chi connectivity index (χ1v) is 16.5. The third kappa shape index (κ3) is 6.03. The molecule has 0 saturated carbocycles. The third-order valence-corrected chi connectivity index (χ3v) is 10.8. The molecule has 1 spiro atoms. The highest BCUT2D eigenvalue weighted by atomic mass is 35.5. The molecule has 4 amide bonds. The molecule has 48 heavy (non-hydrogen) atoms. The van der Waals surface area contributed by atoms with Crippen LogP contribution >= 0.6 is 23.2 Å². The lowest BCUT2D eigenvalue weighted by atomic mass is 9.76. The summed E-state index contributed by atoms with van der Waals surface area (Å²) < 4.78 is 30.1. The fourth-order valence-corrected chi connectivity index (χ4v) is 7.63. The average molecular weight is 700 g/mol. The van der Waals surface area contributed by atoms with Crippen molar-refractivity contribution < 1.29 is 33.0 Å². The van der Waals surface area contributed by atoms with E-state index >= 15 is 0 Å². The monoisotopic (exact) mass is 698 g/mol. The lowest BCUT2D eigenvalue weighted by Crippen LogP contribution is -2.57. The van der Waals surface area contributed by atoms with Crippen molar-refractivity contribution in [1.82, 2.24) is 15.1 Å². The van der Waals surface area contributed by atoms with Crippen LogP contribution in [0.1, 0.15) is 41.6 Å². The summed E-state index contributed by atoms with van der Waals surface area (Å²) in [5.41, 5.74) is 0.443. The number of halogens is 3. The summed E-state index contributed by atoms with van der Waals surface area (Å²) in [6.07, 6.45) is 2.26. The Hall–Kier alpha value is -4.06. The average Bonchev–Trinajstić information content (AvgIpc) is 3.63. The SMILES string of the molecule is COc1cc(C(=O)N2CCC(CCN3CCC4(CC3)C(=O)NC(=O)N4c3ccc(F)cc3)(c3ccc(Cl)c(Cl)c3)C2)cc(OC)c1OC. The number of urea groups is 1. The number of likely N-dealkylation sites (tertiary alicyclic amines) is 2. The van der Waals surface area contributed by atoms with E-state index in [1.54, 1.807) is 18.2 Å². The Morgan fingerprint density at radius 1 is 0.875 bits per heavy atom. The number of piperidine rings is 1. The molecule has 10 nitrogen and oxygen atoms in total. The van der Waals surface area contributed by atoms with Crippen molar-refractivity contribution in [1.29, 1.82) is 0 Å². The molecule has 3 aromatic rings. The van der Waals surface area contributed by atoms with Crippen LogP contribution in [0.4, 0.5) is 14.9 Å². The molecule has 3 saturated heterocycles. The molecule has 3 aliphatic rings. The van der Waals surface area contributed by atoms with Crippen LogP contribution in [0.3, 0.4) is 0 Å². The highest BCUT2D eigenvalue weighted by Crippen LogP contribution is 2.43. The van der Waals surface area contributed by atoms with Gasteiger partial charge in [0.1, 0.15) is 11.4 Å². The number of anilines is 1. The summed E-state index contributed by atoms with van der Waals surface area (Å²) in [6.45, 7) is 2.81. The minimum atomic E-state index is -1.04. The first-order valence-electron chi connectivity index (χ1n) is 15.7. The van der Waals surface area contributed by atoms with Crippen LogP contribution in [0.5, 0.6) is 17.2 Å². The Morgan fingerprint density at radius 2 is 1.54 bits per heavy atom. The summed E-state index contributed by atoms with van der Waals surface area (Å²) in [5.74, 6) is 0.295. The molecule has 254 valence electrons. The quantitative estimate of drug-likeness (QED) is 0.277. The van der Waals surface area contributed by atoms with Crippen molar-refractivity contribution in [3.8, 4) is 17.2 Å². The largest absolute Gasteiger partial charge is 0.493 e. The molecule has 6 rings (SSSR count). The molecule has 3 aliphatic heterocycles. The molecular weight excluding hydrogens is 662 g/mol. The van der Waals surface area contributed by atoms with Gasteiger partial charge in [0.15, 0.2) is 11.5 Å². The van der Waals surface area contributed by atoms with E-state index < -0.39 is 22.8 Å². The first kappa shape index (κ1) is 33.8. The van der Waals surface area contributed by atoms with E-state index in [1.165, 1.54) is 50.5 Å².